The molecule has 0 saturated carbocycles. The van der Waals surface area contributed by atoms with Crippen molar-refractivity contribution in [3.8, 4) is 0 Å². The molecule has 2 heterocycles. The second kappa shape index (κ2) is 5.73. The number of aromatic nitrogens is 3. The number of anilines is 2. The zero-order valence-electron chi connectivity index (χ0n) is 11.9. The Balaban J connectivity index is 2.20. The van der Waals surface area contributed by atoms with Crippen LogP contribution in [0.4, 0.5) is 11.5 Å². The fourth-order valence-corrected chi connectivity index (χ4v) is 1.81. The number of carbonyl (C=O) groups excluding carboxylic acids is 1. The maximum Gasteiger partial charge on any atom is 0.255 e. The third-order valence-corrected chi connectivity index (χ3v) is 2.93. The van der Waals surface area contributed by atoms with Gasteiger partial charge in [0.15, 0.2) is 0 Å². The van der Waals surface area contributed by atoms with Gasteiger partial charge in [-0.1, -0.05) is 13.8 Å². The molecular formula is C14H19N5O. The van der Waals surface area contributed by atoms with Gasteiger partial charge in [-0.05, 0) is 25.0 Å². The van der Waals surface area contributed by atoms with Crippen LogP contribution in [0.15, 0.2) is 24.5 Å². The van der Waals surface area contributed by atoms with E-state index in [0.29, 0.717) is 17.1 Å². The van der Waals surface area contributed by atoms with Crippen LogP contribution < -0.4 is 11.1 Å². The first kappa shape index (κ1) is 14.0. The van der Waals surface area contributed by atoms with Gasteiger partial charge in [0.2, 0.25) is 0 Å². The van der Waals surface area contributed by atoms with Crippen molar-refractivity contribution in [2.75, 3.05) is 11.1 Å². The fourth-order valence-electron chi connectivity index (χ4n) is 1.81. The molecule has 0 unspecified atom stereocenters. The zero-order chi connectivity index (χ0) is 14.7. The van der Waals surface area contributed by atoms with E-state index in [0.717, 1.165) is 12.2 Å². The minimum atomic E-state index is -0.211. The number of carbonyl (C=O) groups is 1. The lowest BCUT2D eigenvalue weighted by molar-refractivity contribution is 0.102. The van der Waals surface area contributed by atoms with Crippen molar-refractivity contribution in [3.63, 3.8) is 0 Å². The molecule has 2 rings (SSSR count). The smallest absolute Gasteiger partial charge is 0.255 e. The Bertz CT molecular complexity index is 618. The van der Waals surface area contributed by atoms with Crippen LogP contribution in [0.3, 0.4) is 0 Å². The monoisotopic (exact) mass is 273 g/mol. The summed E-state index contributed by atoms with van der Waals surface area (Å²) < 4.78 is 1.75. The van der Waals surface area contributed by atoms with E-state index < -0.39 is 0 Å². The second-order valence-corrected chi connectivity index (χ2v) is 4.90. The van der Waals surface area contributed by atoms with Crippen LogP contribution >= 0.6 is 0 Å². The van der Waals surface area contributed by atoms with Gasteiger partial charge >= 0.3 is 0 Å². The Kier molecular flexibility index (Phi) is 4.02. The topological polar surface area (TPSA) is 85.8 Å². The summed E-state index contributed by atoms with van der Waals surface area (Å²) in [5.74, 6) is 0.357. The van der Waals surface area contributed by atoms with E-state index in [9.17, 15) is 4.79 Å². The molecule has 20 heavy (non-hydrogen) atoms. The molecule has 0 spiro atoms. The Hall–Kier alpha value is -2.37. The molecule has 0 fully saturated rings. The molecule has 0 radical (unpaired) electrons. The predicted octanol–water partition coefficient (Wildman–Crippen LogP) is 2.26. The molecule has 106 valence electrons. The maximum absolute atomic E-state index is 12.2. The van der Waals surface area contributed by atoms with Crippen molar-refractivity contribution < 1.29 is 4.79 Å². The van der Waals surface area contributed by atoms with Gasteiger partial charge in [-0.25, -0.2) is 4.98 Å². The summed E-state index contributed by atoms with van der Waals surface area (Å²) in [4.78, 5) is 16.4. The normalized spacial score (nSPS) is 10.8. The molecule has 0 aromatic carbocycles. The third-order valence-electron chi connectivity index (χ3n) is 2.93. The molecular weight excluding hydrogens is 254 g/mol. The van der Waals surface area contributed by atoms with Gasteiger partial charge in [0.1, 0.15) is 5.82 Å². The van der Waals surface area contributed by atoms with E-state index in [1.165, 1.54) is 0 Å². The number of pyridine rings is 1. The lowest BCUT2D eigenvalue weighted by Gasteiger charge is -2.09. The number of nitrogens with one attached hydrogen (secondary N) is 1. The van der Waals surface area contributed by atoms with Crippen LogP contribution in [0, 0.1) is 0 Å². The molecule has 3 N–H and O–H groups in total. The molecule has 0 aliphatic carbocycles. The van der Waals surface area contributed by atoms with E-state index in [-0.39, 0.29) is 11.8 Å². The van der Waals surface area contributed by atoms with Crippen molar-refractivity contribution in [1.82, 2.24) is 14.8 Å². The summed E-state index contributed by atoms with van der Waals surface area (Å²) in [7, 11) is 0. The lowest BCUT2D eigenvalue weighted by atomic mass is 10.1. The van der Waals surface area contributed by atoms with Crippen LogP contribution in [0.5, 0.6) is 0 Å². The molecule has 0 aliphatic heterocycles. The summed E-state index contributed by atoms with van der Waals surface area (Å²) in [5, 5.41) is 6.91. The van der Waals surface area contributed by atoms with Crippen molar-refractivity contribution in [1.29, 1.82) is 0 Å². The molecule has 6 heteroatoms. The maximum atomic E-state index is 12.2. The number of rotatable bonds is 4. The molecule has 6 nitrogen and oxygen atoms in total. The number of nitrogens with zero attached hydrogens (tertiary/aromatic N) is 3. The summed E-state index contributed by atoms with van der Waals surface area (Å²) in [6.45, 7) is 6.76. The summed E-state index contributed by atoms with van der Waals surface area (Å²) in [6.07, 6.45) is 3.40. The van der Waals surface area contributed by atoms with Gasteiger partial charge in [-0.3, -0.25) is 9.48 Å². The van der Waals surface area contributed by atoms with Gasteiger partial charge in [0, 0.05) is 24.0 Å². The second-order valence-electron chi connectivity index (χ2n) is 4.90. The lowest BCUT2D eigenvalue weighted by Crippen LogP contribution is -2.13. The quantitative estimate of drug-likeness (QED) is 0.894. The third kappa shape index (κ3) is 3.14. The largest absolute Gasteiger partial charge is 0.384 e. The van der Waals surface area contributed by atoms with Crippen LogP contribution in [-0.4, -0.2) is 20.7 Å². The van der Waals surface area contributed by atoms with Crippen molar-refractivity contribution in [2.24, 2.45) is 0 Å². The van der Waals surface area contributed by atoms with Crippen LogP contribution in [0.25, 0.3) is 0 Å². The van der Waals surface area contributed by atoms with Crippen LogP contribution in [0.1, 0.15) is 42.7 Å². The number of aryl methyl sites for hydroxylation is 1. The van der Waals surface area contributed by atoms with Gasteiger partial charge in [0.25, 0.3) is 5.91 Å². The van der Waals surface area contributed by atoms with E-state index in [4.69, 9.17) is 5.73 Å². The molecule has 0 atom stereocenters. The van der Waals surface area contributed by atoms with E-state index >= 15 is 0 Å². The summed E-state index contributed by atoms with van der Waals surface area (Å²) in [5.41, 5.74) is 7.72. The highest BCUT2D eigenvalue weighted by molar-refractivity contribution is 6.04. The molecule has 2 aromatic rings. The Morgan fingerprint density at radius 1 is 1.45 bits per heavy atom. The van der Waals surface area contributed by atoms with Gasteiger partial charge in [-0.15, -0.1) is 0 Å². The molecule has 0 aliphatic rings. The number of hydrogen-bond donors (Lipinski definition) is 2. The molecule has 0 bridgehead atoms. The zero-order valence-corrected chi connectivity index (χ0v) is 11.9. The van der Waals surface area contributed by atoms with Gasteiger partial charge in [0.05, 0.1) is 11.9 Å². The minimum Gasteiger partial charge on any atom is -0.384 e. The predicted molar refractivity (Wildman–Crippen MR) is 78.6 cm³/mol. The van der Waals surface area contributed by atoms with Gasteiger partial charge < -0.3 is 11.1 Å². The Labute approximate surface area is 118 Å². The first-order valence-electron chi connectivity index (χ1n) is 6.61. The van der Waals surface area contributed by atoms with E-state index in [1.807, 2.05) is 20.8 Å². The first-order chi connectivity index (χ1) is 9.49. The van der Waals surface area contributed by atoms with Crippen LogP contribution in [-0.2, 0) is 6.54 Å². The van der Waals surface area contributed by atoms with Crippen molar-refractivity contribution in [2.45, 2.75) is 33.2 Å². The number of amides is 1. The molecule has 1 amide bonds. The Morgan fingerprint density at radius 2 is 2.20 bits per heavy atom. The highest BCUT2D eigenvalue weighted by Gasteiger charge is 2.12. The van der Waals surface area contributed by atoms with Crippen LogP contribution in [0.2, 0.25) is 0 Å². The highest BCUT2D eigenvalue weighted by Crippen LogP contribution is 2.17. The van der Waals surface area contributed by atoms with E-state index in [1.54, 1.807) is 29.2 Å². The SMILES string of the molecule is CCn1cc(NC(=O)c2cc(N)nc(C(C)C)c2)cn1. The standard InChI is InChI=1S/C14H19N5O/c1-4-19-8-11(7-16-19)17-14(20)10-5-12(9(2)3)18-13(15)6-10/h5-9H,4H2,1-3H3,(H2,15,18)(H,17,20). The summed E-state index contributed by atoms with van der Waals surface area (Å²) >= 11 is 0. The fraction of sp³-hybridized carbons (Fsp3) is 0.357. The molecule has 2 aromatic heterocycles. The number of hydrogen-bond acceptors (Lipinski definition) is 4. The molecule has 0 saturated heterocycles. The number of nitrogen functional groups attached to an aromatic ring is 1. The minimum absolute atomic E-state index is 0.211. The van der Waals surface area contributed by atoms with Crippen molar-refractivity contribution in [3.05, 3.63) is 35.8 Å². The number of nitrogens with two attached hydrogens (primary N) is 1. The Morgan fingerprint density at radius 3 is 2.80 bits per heavy atom. The van der Waals surface area contributed by atoms with Crippen molar-refractivity contribution >= 4 is 17.4 Å². The average Bonchev–Trinajstić information content (AvgIpc) is 2.85. The highest BCUT2D eigenvalue weighted by atomic mass is 16.1. The first-order valence-corrected chi connectivity index (χ1v) is 6.61. The average molecular weight is 273 g/mol. The van der Waals surface area contributed by atoms with Gasteiger partial charge in [-0.2, -0.15) is 5.10 Å². The summed E-state index contributed by atoms with van der Waals surface area (Å²) in [6, 6.07) is 3.34. The van der Waals surface area contributed by atoms with E-state index in [2.05, 4.69) is 15.4 Å².